The van der Waals surface area contributed by atoms with E-state index in [0.717, 1.165) is 0 Å². The Morgan fingerprint density at radius 2 is 1.96 bits per heavy atom. The van der Waals surface area contributed by atoms with E-state index in [1.165, 1.54) is 18.3 Å². The zero-order valence-corrected chi connectivity index (χ0v) is 15.1. The molecule has 0 atom stereocenters. The van der Waals surface area contributed by atoms with Crippen LogP contribution in [0.25, 0.3) is 0 Å². The quantitative estimate of drug-likeness (QED) is 0.718. The van der Waals surface area contributed by atoms with E-state index < -0.39 is 10.0 Å². The molecule has 1 N–H and O–H groups in total. The van der Waals surface area contributed by atoms with Crippen LogP contribution in [0.3, 0.4) is 0 Å². The minimum atomic E-state index is -3.79. The molecule has 26 heavy (non-hydrogen) atoms. The lowest BCUT2D eigenvalue weighted by Gasteiger charge is -2.10. The number of anilines is 1. The zero-order valence-electron chi connectivity index (χ0n) is 14.3. The number of aryl methyl sites for hydroxylation is 2. The van der Waals surface area contributed by atoms with Crippen molar-refractivity contribution >= 4 is 15.7 Å². The Kier molecular flexibility index (Phi) is 4.94. The topological polar surface area (TPSA) is 73.2 Å². The van der Waals surface area contributed by atoms with Crippen molar-refractivity contribution in [2.45, 2.75) is 18.6 Å². The largest absolute Gasteiger partial charge is 0.489 e. The molecule has 0 spiro atoms. The lowest BCUT2D eigenvalue weighted by Crippen LogP contribution is -2.13. The molecule has 0 aliphatic rings. The number of rotatable bonds is 6. The second kappa shape index (κ2) is 7.17. The minimum absolute atomic E-state index is 0.0522. The molecule has 0 fully saturated rings. The third-order valence-electron chi connectivity index (χ3n) is 3.74. The van der Waals surface area contributed by atoms with Gasteiger partial charge in [-0.15, -0.1) is 0 Å². The van der Waals surface area contributed by atoms with E-state index in [1.54, 1.807) is 54.9 Å². The number of benzene rings is 2. The number of nitrogens with zero attached hydrogens (tertiary/aromatic N) is 2. The minimum Gasteiger partial charge on any atom is -0.489 e. The van der Waals surface area contributed by atoms with Crippen LogP contribution in [-0.2, 0) is 23.7 Å². The molecule has 3 aromatic rings. The standard InChI is InChI=1S/C18H18FN3O3S/c1-13-20-18(11-22(13)2)26(23,24)21-16-7-4-8-17(10-16)25-12-14-5-3-6-15(19)9-14/h3-11,21H,12H2,1-2H3. The fourth-order valence-corrected chi connectivity index (χ4v) is 3.40. The van der Waals surface area contributed by atoms with E-state index in [4.69, 9.17) is 4.74 Å². The lowest BCUT2D eigenvalue weighted by molar-refractivity contribution is 0.306. The van der Waals surface area contributed by atoms with Crippen molar-refractivity contribution in [1.29, 1.82) is 0 Å². The Morgan fingerprint density at radius 3 is 2.65 bits per heavy atom. The van der Waals surface area contributed by atoms with Gasteiger partial charge < -0.3 is 9.30 Å². The summed E-state index contributed by atoms with van der Waals surface area (Å²) >= 11 is 0. The van der Waals surface area contributed by atoms with Crippen molar-refractivity contribution < 1.29 is 17.5 Å². The fraction of sp³-hybridized carbons (Fsp3) is 0.167. The van der Waals surface area contributed by atoms with Crippen molar-refractivity contribution in [2.75, 3.05) is 4.72 Å². The molecule has 2 aromatic carbocycles. The first kappa shape index (κ1) is 17.9. The smallest absolute Gasteiger partial charge is 0.280 e. The van der Waals surface area contributed by atoms with E-state index in [9.17, 15) is 12.8 Å². The number of sulfonamides is 1. The van der Waals surface area contributed by atoms with Crippen LogP contribution in [0, 0.1) is 12.7 Å². The van der Waals surface area contributed by atoms with Gasteiger partial charge in [0.15, 0.2) is 5.03 Å². The summed E-state index contributed by atoms with van der Waals surface area (Å²) in [5.41, 5.74) is 1.03. The first-order valence-corrected chi connectivity index (χ1v) is 9.32. The molecule has 0 bridgehead atoms. The third kappa shape index (κ3) is 4.20. The average Bonchev–Trinajstić information content (AvgIpc) is 2.93. The molecule has 136 valence electrons. The van der Waals surface area contributed by atoms with Gasteiger partial charge in [0.1, 0.15) is 24.0 Å². The molecule has 1 aromatic heterocycles. The number of halogens is 1. The maximum absolute atomic E-state index is 13.2. The van der Waals surface area contributed by atoms with E-state index in [-0.39, 0.29) is 17.5 Å². The summed E-state index contributed by atoms with van der Waals surface area (Å²) in [5.74, 6) is 0.725. The highest BCUT2D eigenvalue weighted by Gasteiger charge is 2.18. The molecule has 0 aliphatic heterocycles. The highest BCUT2D eigenvalue weighted by Crippen LogP contribution is 2.21. The number of nitrogens with one attached hydrogen (secondary N) is 1. The third-order valence-corrected chi connectivity index (χ3v) is 4.99. The summed E-state index contributed by atoms with van der Waals surface area (Å²) in [6.07, 6.45) is 1.45. The van der Waals surface area contributed by atoms with Crippen LogP contribution in [0.5, 0.6) is 5.75 Å². The first-order chi connectivity index (χ1) is 12.3. The second-order valence-corrected chi connectivity index (χ2v) is 7.42. The summed E-state index contributed by atoms with van der Waals surface area (Å²) in [5, 5.41) is -0.0522. The van der Waals surface area contributed by atoms with Gasteiger partial charge in [-0.25, -0.2) is 9.37 Å². The number of aromatic nitrogens is 2. The Hall–Kier alpha value is -2.87. The van der Waals surface area contributed by atoms with Gasteiger partial charge >= 0.3 is 0 Å². The molecule has 0 saturated heterocycles. The van der Waals surface area contributed by atoms with Crippen LogP contribution >= 0.6 is 0 Å². The van der Waals surface area contributed by atoms with Crippen molar-refractivity contribution in [3.05, 3.63) is 71.9 Å². The van der Waals surface area contributed by atoms with E-state index >= 15 is 0 Å². The molecule has 6 nitrogen and oxygen atoms in total. The Labute approximate surface area is 151 Å². The van der Waals surface area contributed by atoms with Crippen LogP contribution in [0.2, 0.25) is 0 Å². The van der Waals surface area contributed by atoms with E-state index in [1.807, 2.05) is 0 Å². The predicted molar refractivity (Wildman–Crippen MR) is 95.9 cm³/mol. The molecule has 0 aliphatic carbocycles. The monoisotopic (exact) mass is 375 g/mol. The number of hydrogen-bond acceptors (Lipinski definition) is 4. The van der Waals surface area contributed by atoms with Gasteiger partial charge in [-0.2, -0.15) is 8.42 Å². The lowest BCUT2D eigenvalue weighted by atomic mass is 10.2. The highest BCUT2D eigenvalue weighted by molar-refractivity contribution is 7.92. The van der Waals surface area contributed by atoms with Crippen molar-refractivity contribution in [1.82, 2.24) is 9.55 Å². The Balaban J connectivity index is 1.72. The molecule has 0 unspecified atom stereocenters. The van der Waals surface area contributed by atoms with Gasteiger partial charge in [0, 0.05) is 19.3 Å². The molecule has 8 heteroatoms. The van der Waals surface area contributed by atoms with Gasteiger partial charge in [-0.05, 0) is 36.8 Å². The van der Waals surface area contributed by atoms with E-state index in [0.29, 0.717) is 22.8 Å². The molecular weight excluding hydrogens is 357 g/mol. The molecule has 0 radical (unpaired) electrons. The van der Waals surface area contributed by atoms with Crippen LogP contribution in [-0.4, -0.2) is 18.0 Å². The summed E-state index contributed by atoms with van der Waals surface area (Å²) in [6, 6.07) is 12.6. The van der Waals surface area contributed by atoms with Gasteiger partial charge in [-0.1, -0.05) is 18.2 Å². The summed E-state index contributed by atoms with van der Waals surface area (Å²) in [6.45, 7) is 1.90. The summed E-state index contributed by atoms with van der Waals surface area (Å²) in [7, 11) is -2.07. The zero-order chi connectivity index (χ0) is 18.7. The van der Waals surface area contributed by atoms with Crippen molar-refractivity contribution in [3.8, 4) is 5.75 Å². The van der Waals surface area contributed by atoms with Crippen LogP contribution < -0.4 is 9.46 Å². The van der Waals surface area contributed by atoms with E-state index in [2.05, 4.69) is 9.71 Å². The maximum Gasteiger partial charge on any atom is 0.280 e. The van der Waals surface area contributed by atoms with Crippen LogP contribution in [0.15, 0.2) is 59.8 Å². The predicted octanol–water partition coefficient (Wildman–Crippen LogP) is 3.25. The number of ether oxygens (including phenoxy) is 1. The maximum atomic E-state index is 13.2. The van der Waals surface area contributed by atoms with Gasteiger partial charge in [0.25, 0.3) is 10.0 Å². The normalized spacial score (nSPS) is 11.3. The Morgan fingerprint density at radius 1 is 1.19 bits per heavy atom. The van der Waals surface area contributed by atoms with Gasteiger partial charge in [-0.3, -0.25) is 4.72 Å². The van der Waals surface area contributed by atoms with Crippen molar-refractivity contribution in [2.24, 2.45) is 7.05 Å². The molecule has 0 saturated carbocycles. The summed E-state index contributed by atoms with van der Waals surface area (Å²) < 4.78 is 47.8. The first-order valence-electron chi connectivity index (χ1n) is 7.83. The molecule has 3 rings (SSSR count). The number of imidazole rings is 1. The second-order valence-electron chi connectivity index (χ2n) is 5.79. The van der Waals surface area contributed by atoms with Gasteiger partial charge in [0.05, 0.1) is 5.69 Å². The Bertz CT molecular complexity index is 1010. The van der Waals surface area contributed by atoms with Crippen LogP contribution in [0.1, 0.15) is 11.4 Å². The number of hydrogen-bond donors (Lipinski definition) is 1. The molecule has 1 heterocycles. The fourth-order valence-electron chi connectivity index (χ4n) is 2.31. The van der Waals surface area contributed by atoms with Gasteiger partial charge in [0.2, 0.25) is 0 Å². The average molecular weight is 375 g/mol. The highest BCUT2D eigenvalue weighted by atomic mass is 32.2. The van der Waals surface area contributed by atoms with Crippen molar-refractivity contribution in [3.63, 3.8) is 0 Å². The molecule has 0 amide bonds. The molecular formula is C18H18FN3O3S. The summed E-state index contributed by atoms with van der Waals surface area (Å²) in [4.78, 5) is 4.03. The SMILES string of the molecule is Cc1nc(S(=O)(=O)Nc2cccc(OCc3cccc(F)c3)c2)cn1C. The van der Waals surface area contributed by atoms with Crippen LogP contribution in [0.4, 0.5) is 10.1 Å².